The first-order valence-corrected chi connectivity index (χ1v) is 7.72. The van der Waals surface area contributed by atoms with Crippen molar-refractivity contribution in [2.24, 2.45) is 5.92 Å². The highest BCUT2D eigenvalue weighted by Gasteiger charge is 2.37. The van der Waals surface area contributed by atoms with Gasteiger partial charge < -0.3 is 4.90 Å². The first kappa shape index (κ1) is 13.1. The summed E-state index contributed by atoms with van der Waals surface area (Å²) in [4.78, 5) is 2.27. The molecule has 0 amide bonds. The van der Waals surface area contributed by atoms with Gasteiger partial charge in [0, 0.05) is 6.54 Å². The lowest BCUT2D eigenvalue weighted by molar-refractivity contribution is 0.146. The molecule has 1 heterocycles. The summed E-state index contributed by atoms with van der Waals surface area (Å²) in [5, 5.41) is -0.605. The third kappa shape index (κ3) is 2.89. The molecule has 1 fully saturated rings. The Morgan fingerprint density at radius 1 is 1.24 bits per heavy atom. The molecular formula is C12H21NO3S. The molecule has 2 unspecified atom stereocenters. The van der Waals surface area contributed by atoms with Gasteiger partial charge in [-0.05, 0) is 52.1 Å². The van der Waals surface area contributed by atoms with Crippen molar-refractivity contribution in [3.63, 3.8) is 0 Å². The zero-order valence-electron chi connectivity index (χ0n) is 10.5. The molecule has 4 nitrogen and oxygen atoms in total. The van der Waals surface area contributed by atoms with Gasteiger partial charge in [0.05, 0.1) is 5.25 Å². The maximum absolute atomic E-state index is 11.5. The van der Waals surface area contributed by atoms with E-state index in [1.165, 1.54) is 12.0 Å². The SMILES string of the molecule is CC1=C(C)CC(S(=O)(=O)O)C(CN2CCC2)C1. The first-order chi connectivity index (χ1) is 7.88. The van der Waals surface area contributed by atoms with E-state index in [9.17, 15) is 13.0 Å². The van der Waals surface area contributed by atoms with Gasteiger partial charge in [-0.15, -0.1) is 0 Å². The monoisotopic (exact) mass is 259 g/mol. The Hall–Kier alpha value is -0.390. The molecule has 0 aromatic rings. The minimum Gasteiger partial charge on any atom is -0.303 e. The van der Waals surface area contributed by atoms with Gasteiger partial charge >= 0.3 is 0 Å². The van der Waals surface area contributed by atoms with Crippen LogP contribution < -0.4 is 0 Å². The molecule has 2 aliphatic rings. The van der Waals surface area contributed by atoms with Crippen molar-refractivity contribution in [3.05, 3.63) is 11.1 Å². The predicted octanol–water partition coefficient (Wildman–Crippen LogP) is 1.69. The largest absolute Gasteiger partial charge is 0.303 e. The van der Waals surface area contributed by atoms with Crippen LogP contribution in [0.1, 0.15) is 33.1 Å². The molecule has 0 saturated carbocycles. The van der Waals surface area contributed by atoms with Crippen LogP contribution in [0.4, 0.5) is 0 Å². The second-order valence-corrected chi connectivity index (χ2v) is 7.07. The quantitative estimate of drug-likeness (QED) is 0.619. The van der Waals surface area contributed by atoms with Crippen LogP contribution >= 0.6 is 0 Å². The fourth-order valence-corrected chi connectivity index (χ4v) is 3.90. The Kier molecular flexibility index (Phi) is 3.61. The number of allylic oxidation sites excluding steroid dienone is 2. The average molecular weight is 259 g/mol. The van der Waals surface area contributed by atoms with Gasteiger partial charge in [0.15, 0.2) is 0 Å². The van der Waals surface area contributed by atoms with Gasteiger partial charge in [0.1, 0.15) is 0 Å². The second-order valence-electron chi connectivity index (χ2n) is 5.44. The summed E-state index contributed by atoms with van der Waals surface area (Å²) in [6.45, 7) is 6.97. The molecule has 0 radical (unpaired) electrons. The smallest absolute Gasteiger partial charge is 0.268 e. The van der Waals surface area contributed by atoms with E-state index in [0.29, 0.717) is 6.42 Å². The van der Waals surface area contributed by atoms with E-state index in [-0.39, 0.29) is 5.92 Å². The Morgan fingerprint density at radius 3 is 2.29 bits per heavy atom. The molecule has 17 heavy (non-hydrogen) atoms. The Balaban J connectivity index is 2.14. The fraction of sp³-hybridized carbons (Fsp3) is 0.833. The van der Waals surface area contributed by atoms with Crippen LogP contribution in [0.5, 0.6) is 0 Å². The van der Waals surface area contributed by atoms with Crippen LogP contribution in [-0.2, 0) is 10.1 Å². The zero-order valence-corrected chi connectivity index (χ0v) is 11.3. The summed E-state index contributed by atoms with van der Waals surface area (Å²) in [5.74, 6) is 0.0500. The number of rotatable bonds is 3. The van der Waals surface area contributed by atoms with Crippen molar-refractivity contribution in [2.75, 3.05) is 19.6 Å². The third-order valence-electron chi connectivity index (χ3n) is 4.15. The summed E-state index contributed by atoms with van der Waals surface area (Å²) in [7, 11) is -3.92. The van der Waals surface area contributed by atoms with Crippen molar-refractivity contribution >= 4 is 10.1 Å². The summed E-state index contributed by atoms with van der Waals surface area (Å²) in [6, 6.07) is 0. The van der Waals surface area contributed by atoms with E-state index in [0.717, 1.165) is 31.6 Å². The Labute approximate surface area is 103 Å². The molecule has 2 rings (SSSR count). The lowest BCUT2D eigenvalue weighted by atomic mass is 9.84. The molecule has 0 bridgehead atoms. The number of hydrogen-bond acceptors (Lipinski definition) is 3. The van der Waals surface area contributed by atoms with Gasteiger partial charge in [0.2, 0.25) is 0 Å². The van der Waals surface area contributed by atoms with Crippen molar-refractivity contribution in [1.29, 1.82) is 0 Å². The highest BCUT2D eigenvalue weighted by Crippen LogP contribution is 2.34. The molecule has 0 aromatic carbocycles. The second kappa shape index (κ2) is 4.71. The van der Waals surface area contributed by atoms with Crippen LogP contribution in [-0.4, -0.2) is 42.8 Å². The molecule has 98 valence electrons. The molecule has 5 heteroatoms. The number of likely N-dealkylation sites (tertiary alicyclic amines) is 1. The topological polar surface area (TPSA) is 57.6 Å². The van der Waals surface area contributed by atoms with Gasteiger partial charge in [-0.25, -0.2) is 0 Å². The summed E-state index contributed by atoms with van der Waals surface area (Å²) in [6.07, 6.45) is 2.49. The van der Waals surface area contributed by atoms with Crippen LogP contribution in [0.2, 0.25) is 0 Å². The Morgan fingerprint density at radius 2 is 1.82 bits per heavy atom. The molecule has 2 atom stereocenters. The average Bonchev–Trinajstić information content (AvgIpc) is 2.14. The zero-order chi connectivity index (χ0) is 12.6. The van der Waals surface area contributed by atoms with Crippen molar-refractivity contribution in [1.82, 2.24) is 4.90 Å². The van der Waals surface area contributed by atoms with Crippen LogP contribution in [0.15, 0.2) is 11.1 Å². The van der Waals surface area contributed by atoms with E-state index in [4.69, 9.17) is 0 Å². The summed E-state index contributed by atoms with van der Waals surface area (Å²) >= 11 is 0. The van der Waals surface area contributed by atoms with E-state index < -0.39 is 15.4 Å². The third-order valence-corrected chi connectivity index (χ3v) is 5.47. The molecule has 0 spiro atoms. The van der Waals surface area contributed by atoms with Gasteiger partial charge in [-0.1, -0.05) is 11.1 Å². The van der Waals surface area contributed by atoms with Gasteiger partial charge in [0.25, 0.3) is 10.1 Å². The highest BCUT2D eigenvalue weighted by atomic mass is 32.2. The van der Waals surface area contributed by atoms with Gasteiger partial charge in [-0.3, -0.25) is 4.55 Å². The lowest BCUT2D eigenvalue weighted by Crippen LogP contribution is -2.45. The molecular weight excluding hydrogens is 238 g/mol. The fourth-order valence-electron chi connectivity index (χ4n) is 2.77. The van der Waals surface area contributed by atoms with E-state index in [1.807, 2.05) is 6.92 Å². The van der Waals surface area contributed by atoms with Crippen molar-refractivity contribution < 1.29 is 13.0 Å². The molecule has 1 aliphatic heterocycles. The minimum atomic E-state index is -3.92. The van der Waals surface area contributed by atoms with Gasteiger partial charge in [-0.2, -0.15) is 8.42 Å². The Bertz CT molecular complexity index is 423. The van der Waals surface area contributed by atoms with Crippen LogP contribution in [0.3, 0.4) is 0 Å². The molecule has 0 aromatic heterocycles. The number of nitrogens with zero attached hydrogens (tertiary/aromatic N) is 1. The first-order valence-electron chi connectivity index (χ1n) is 6.22. The maximum Gasteiger partial charge on any atom is 0.268 e. The number of hydrogen-bond donors (Lipinski definition) is 1. The molecule has 1 saturated heterocycles. The highest BCUT2D eigenvalue weighted by molar-refractivity contribution is 7.86. The van der Waals surface area contributed by atoms with Crippen molar-refractivity contribution in [3.8, 4) is 0 Å². The van der Waals surface area contributed by atoms with E-state index >= 15 is 0 Å². The van der Waals surface area contributed by atoms with E-state index in [2.05, 4.69) is 11.8 Å². The minimum absolute atomic E-state index is 0.0500. The van der Waals surface area contributed by atoms with E-state index in [1.54, 1.807) is 0 Å². The molecule has 1 N–H and O–H groups in total. The predicted molar refractivity (Wildman–Crippen MR) is 67.5 cm³/mol. The lowest BCUT2D eigenvalue weighted by Gasteiger charge is -2.38. The maximum atomic E-state index is 11.5. The normalized spacial score (nSPS) is 31.5. The summed E-state index contributed by atoms with van der Waals surface area (Å²) in [5.41, 5.74) is 2.41. The summed E-state index contributed by atoms with van der Waals surface area (Å²) < 4.78 is 32.3. The van der Waals surface area contributed by atoms with Crippen LogP contribution in [0, 0.1) is 5.92 Å². The standard InChI is InChI=1S/C12H21NO3S/c1-9-6-11(8-13-4-3-5-13)12(7-10(9)2)17(14,15)16/h11-12H,3-8H2,1-2H3,(H,14,15,16). The molecule has 1 aliphatic carbocycles. The van der Waals surface area contributed by atoms with Crippen molar-refractivity contribution in [2.45, 2.75) is 38.4 Å². The van der Waals surface area contributed by atoms with Crippen LogP contribution in [0.25, 0.3) is 0 Å².